The number of hydrogen-bond donors (Lipinski definition) is 1. The van der Waals surface area contributed by atoms with Crippen LogP contribution in [0.4, 0.5) is 0 Å². The van der Waals surface area contributed by atoms with E-state index in [1.165, 1.54) is 5.01 Å². The second-order valence-corrected chi connectivity index (χ2v) is 6.32. The molecule has 21 heavy (non-hydrogen) atoms. The Kier molecular flexibility index (Phi) is 6.03. The molecule has 0 saturated carbocycles. The molecule has 0 spiro atoms. The smallest absolute Gasteiger partial charge is 0.138 e. The Morgan fingerprint density at radius 3 is 2.90 bits per heavy atom. The zero-order chi connectivity index (χ0) is 15.2. The first-order valence-corrected chi connectivity index (χ1v) is 8.42. The summed E-state index contributed by atoms with van der Waals surface area (Å²) < 4.78 is 5.77. The first-order chi connectivity index (χ1) is 10.1. The highest BCUT2D eigenvalue weighted by atomic mass is 35.5. The maximum atomic E-state index is 6.28. The van der Waals surface area contributed by atoms with Gasteiger partial charge in [-0.3, -0.25) is 0 Å². The van der Waals surface area contributed by atoms with Crippen LogP contribution in [0.2, 0.25) is 5.02 Å². The molecule has 0 aliphatic carbocycles. The van der Waals surface area contributed by atoms with Gasteiger partial charge in [-0.1, -0.05) is 24.6 Å². The van der Waals surface area contributed by atoms with E-state index in [1.807, 2.05) is 25.2 Å². The summed E-state index contributed by atoms with van der Waals surface area (Å²) in [5.74, 6) is 0.703. The lowest BCUT2D eigenvalue weighted by Crippen LogP contribution is -2.12. The quantitative estimate of drug-likeness (QED) is 0.807. The summed E-state index contributed by atoms with van der Waals surface area (Å²) in [5.41, 5.74) is 2.11. The summed E-state index contributed by atoms with van der Waals surface area (Å²) in [6.45, 7) is 4.71. The maximum absolute atomic E-state index is 6.28. The Morgan fingerprint density at radius 2 is 2.24 bits per heavy atom. The molecule has 2 rings (SSSR count). The second-order valence-electron chi connectivity index (χ2n) is 4.97. The number of nitrogens with zero attached hydrogens (tertiary/aromatic N) is 1. The van der Waals surface area contributed by atoms with Crippen LogP contribution in [0.1, 0.15) is 42.6 Å². The van der Waals surface area contributed by atoms with Gasteiger partial charge in [0, 0.05) is 11.4 Å². The minimum atomic E-state index is 0.270. The molecule has 1 unspecified atom stereocenters. The van der Waals surface area contributed by atoms with E-state index in [1.54, 1.807) is 11.3 Å². The predicted octanol–water partition coefficient (Wildman–Crippen LogP) is 4.61. The van der Waals surface area contributed by atoms with Gasteiger partial charge >= 0.3 is 0 Å². The third kappa shape index (κ3) is 4.43. The number of halogens is 1. The molecule has 0 bridgehead atoms. The molecule has 0 aliphatic heterocycles. The van der Waals surface area contributed by atoms with Crippen LogP contribution >= 0.6 is 22.9 Å². The van der Waals surface area contributed by atoms with Crippen molar-refractivity contribution in [2.45, 2.75) is 39.3 Å². The number of nitrogens with one attached hydrogen (secondary N) is 1. The van der Waals surface area contributed by atoms with Crippen LogP contribution in [0.25, 0.3) is 0 Å². The number of aromatic nitrogens is 1. The molecule has 1 N–H and O–H groups in total. The van der Waals surface area contributed by atoms with E-state index >= 15 is 0 Å². The van der Waals surface area contributed by atoms with Crippen LogP contribution in [0.5, 0.6) is 5.75 Å². The number of aryl methyl sites for hydroxylation is 1. The zero-order valence-corrected chi connectivity index (χ0v) is 14.2. The van der Waals surface area contributed by atoms with Crippen molar-refractivity contribution >= 4 is 22.9 Å². The lowest BCUT2D eigenvalue weighted by Gasteiger charge is -2.13. The van der Waals surface area contributed by atoms with Crippen molar-refractivity contribution in [2.24, 2.45) is 0 Å². The summed E-state index contributed by atoms with van der Waals surface area (Å²) in [5, 5.41) is 7.05. The van der Waals surface area contributed by atoms with Crippen molar-refractivity contribution in [2.75, 3.05) is 7.05 Å². The van der Waals surface area contributed by atoms with E-state index < -0.39 is 0 Å². The van der Waals surface area contributed by atoms with Gasteiger partial charge in [-0.25, -0.2) is 4.98 Å². The molecule has 1 heterocycles. The van der Waals surface area contributed by atoms with Crippen molar-refractivity contribution in [1.82, 2.24) is 10.3 Å². The lowest BCUT2D eigenvalue weighted by atomic mass is 10.1. The van der Waals surface area contributed by atoms with E-state index in [-0.39, 0.29) is 6.04 Å². The Bertz CT molecular complexity index is 585. The van der Waals surface area contributed by atoms with Gasteiger partial charge in [-0.05, 0) is 44.5 Å². The van der Waals surface area contributed by atoms with E-state index in [9.17, 15) is 0 Å². The van der Waals surface area contributed by atoms with Gasteiger partial charge in [0.25, 0.3) is 0 Å². The average Bonchev–Trinajstić information content (AvgIpc) is 2.93. The molecule has 114 valence electrons. The van der Waals surface area contributed by atoms with Gasteiger partial charge in [0.05, 0.1) is 15.7 Å². The van der Waals surface area contributed by atoms with Crippen molar-refractivity contribution in [3.8, 4) is 5.75 Å². The van der Waals surface area contributed by atoms with Crippen LogP contribution in [-0.4, -0.2) is 12.0 Å². The third-order valence-corrected chi connectivity index (χ3v) is 4.58. The van der Waals surface area contributed by atoms with E-state index in [0.717, 1.165) is 24.1 Å². The molecule has 0 radical (unpaired) electrons. The van der Waals surface area contributed by atoms with Gasteiger partial charge in [-0.15, -0.1) is 11.3 Å². The Balaban J connectivity index is 1.99. The molecule has 0 amide bonds. The van der Waals surface area contributed by atoms with E-state index in [0.29, 0.717) is 17.4 Å². The fraction of sp³-hybridized carbons (Fsp3) is 0.438. The molecule has 2 aromatic rings. The predicted molar refractivity (Wildman–Crippen MR) is 89.4 cm³/mol. The average molecular weight is 325 g/mol. The van der Waals surface area contributed by atoms with E-state index in [2.05, 4.69) is 29.5 Å². The molecule has 1 atom stereocenters. The zero-order valence-electron chi connectivity index (χ0n) is 12.6. The van der Waals surface area contributed by atoms with Gasteiger partial charge in [0.2, 0.25) is 0 Å². The fourth-order valence-electron chi connectivity index (χ4n) is 1.97. The van der Waals surface area contributed by atoms with Gasteiger partial charge in [-0.2, -0.15) is 0 Å². The third-order valence-electron chi connectivity index (χ3n) is 3.33. The monoisotopic (exact) mass is 324 g/mol. The summed E-state index contributed by atoms with van der Waals surface area (Å²) in [6, 6.07) is 6.17. The Morgan fingerprint density at radius 1 is 1.43 bits per heavy atom. The minimum absolute atomic E-state index is 0.270. The lowest BCUT2D eigenvalue weighted by molar-refractivity contribution is 0.302. The normalized spacial score (nSPS) is 12.4. The number of hydrogen-bond acceptors (Lipinski definition) is 4. The molecule has 0 fully saturated rings. The summed E-state index contributed by atoms with van der Waals surface area (Å²) >= 11 is 7.97. The SMILES string of the molecule is CCCc1nc(COc2ccc(C(C)NC)cc2Cl)cs1. The van der Waals surface area contributed by atoms with Crippen molar-refractivity contribution in [3.63, 3.8) is 0 Å². The number of thiazole rings is 1. The molecule has 0 aliphatic rings. The highest BCUT2D eigenvalue weighted by molar-refractivity contribution is 7.09. The Labute approximate surface area is 135 Å². The number of benzene rings is 1. The van der Waals surface area contributed by atoms with Crippen LogP contribution < -0.4 is 10.1 Å². The van der Waals surface area contributed by atoms with Crippen LogP contribution in [0, 0.1) is 0 Å². The minimum Gasteiger partial charge on any atom is -0.486 e. The largest absolute Gasteiger partial charge is 0.486 e. The fourth-order valence-corrected chi connectivity index (χ4v) is 3.09. The molecular formula is C16H21ClN2OS. The number of rotatable bonds is 7. The first kappa shape index (κ1) is 16.3. The standard InChI is InChI=1S/C16H21ClN2OS/c1-4-5-16-19-13(10-21-16)9-20-15-7-6-12(8-14(15)17)11(2)18-3/h6-8,10-11,18H,4-5,9H2,1-3H3. The topological polar surface area (TPSA) is 34.1 Å². The van der Waals surface area contributed by atoms with Crippen LogP contribution in [-0.2, 0) is 13.0 Å². The molecule has 5 heteroatoms. The van der Waals surface area contributed by atoms with Crippen LogP contribution in [0.3, 0.4) is 0 Å². The molecular weight excluding hydrogens is 304 g/mol. The highest BCUT2D eigenvalue weighted by Crippen LogP contribution is 2.28. The van der Waals surface area contributed by atoms with Crippen LogP contribution in [0.15, 0.2) is 23.6 Å². The van der Waals surface area contributed by atoms with Crippen molar-refractivity contribution in [3.05, 3.63) is 44.9 Å². The Hall–Kier alpha value is -1.10. The molecule has 0 saturated heterocycles. The summed E-state index contributed by atoms with van der Waals surface area (Å²) in [4.78, 5) is 4.54. The van der Waals surface area contributed by atoms with E-state index in [4.69, 9.17) is 16.3 Å². The van der Waals surface area contributed by atoms with Gasteiger partial charge in [0.15, 0.2) is 0 Å². The summed E-state index contributed by atoms with van der Waals surface area (Å²) in [6.07, 6.45) is 2.15. The number of ether oxygens (including phenoxy) is 1. The first-order valence-electron chi connectivity index (χ1n) is 7.16. The summed E-state index contributed by atoms with van der Waals surface area (Å²) in [7, 11) is 1.93. The van der Waals surface area contributed by atoms with Crippen molar-refractivity contribution in [1.29, 1.82) is 0 Å². The highest BCUT2D eigenvalue weighted by Gasteiger charge is 2.08. The molecule has 3 nitrogen and oxygen atoms in total. The second kappa shape index (κ2) is 7.78. The molecule has 1 aromatic heterocycles. The molecule has 1 aromatic carbocycles. The van der Waals surface area contributed by atoms with Gasteiger partial charge in [0.1, 0.15) is 12.4 Å². The van der Waals surface area contributed by atoms with Gasteiger partial charge < -0.3 is 10.1 Å². The van der Waals surface area contributed by atoms with Crippen molar-refractivity contribution < 1.29 is 4.74 Å². The maximum Gasteiger partial charge on any atom is 0.138 e.